The molecule has 14 heavy (non-hydrogen) atoms. The highest BCUT2D eigenvalue weighted by atomic mass is 16.7. The molecule has 0 amide bonds. The van der Waals surface area contributed by atoms with E-state index in [1.54, 1.807) is 0 Å². The van der Waals surface area contributed by atoms with E-state index in [0.29, 0.717) is 5.69 Å². The van der Waals surface area contributed by atoms with Crippen molar-refractivity contribution in [3.05, 3.63) is 22.1 Å². The minimum atomic E-state index is -0.661. The fourth-order valence-electron chi connectivity index (χ4n) is 1.01. The molecule has 6 nitrogen and oxygen atoms in total. The molecule has 0 aliphatic heterocycles. The fourth-order valence-corrected chi connectivity index (χ4v) is 1.01. The van der Waals surface area contributed by atoms with Crippen molar-refractivity contribution >= 4 is 0 Å². The van der Waals surface area contributed by atoms with Gasteiger partial charge < -0.3 is 14.2 Å². The van der Waals surface area contributed by atoms with E-state index in [9.17, 15) is 4.79 Å². The van der Waals surface area contributed by atoms with Crippen LogP contribution in [0.25, 0.3) is 0 Å². The van der Waals surface area contributed by atoms with Crippen LogP contribution in [0, 0.1) is 0 Å². The molecule has 78 valence electrons. The van der Waals surface area contributed by atoms with Gasteiger partial charge in [0, 0.05) is 20.3 Å². The third-order valence-electron chi connectivity index (χ3n) is 1.60. The highest BCUT2D eigenvalue weighted by Gasteiger charge is 2.12. The number of aromatic nitrogens is 2. The van der Waals surface area contributed by atoms with E-state index >= 15 is 0 Å². The Morgan fingerprint density at radius 2 is 2.00 bits per heavy atom. The molecule has 0 saturated heterocycles. The molecule has 0 radical (unpaired) electrons. The standard InChI is InChI=1S/C8H12N2O4/c1-12-7(13-2)5-4-6(11)10-8(9-5)14-3/h4,7H,1-3H3,(H,9,10,11). The van der Waals surface area contributed by atoms with E-state index in [0.717, 1.165) is 0 Å². The summed E-state index contributed by atoms with van der Waals surface area (Å²) in [6, 6.07) is 1.42. The molecule has 1 heterocycles. The van der Waals surface area contributed by atoms with Gasteiger partial charge >= 0.3 is 0 Å². The molecule has 0 bridgehead atoms. The molecule has 0 fully saturated rings. The summed E-state index contributed by atoms with van der Waals surface area (Å²) in [7, 11) is 4.34. The molecule has 1 aromatic rings. The van der Waals surface area contributed by atoms with Gasteiger partial charge in [0.15, 0.2) is 0 Å². The summed E-state index contributed by atoms with van der Waals surface area (Å²) in [5.74, 6) is 0. The molecule has 1 N–H and O–H groups in total. The second kappa shape index (κ2) is 4.73. The Hall–Kier alpha value is -1.40. The quantitative estimate of drug-likeness (QED) is 0.696. The first kappa shape index (κ1) is 10.7. The van der Waals surface area contributed by atoms with Crippen LogP contribution in [-0.4, -0.2) is 31.3 Å². The van der Waals surface area contributed by atoms with Crippen LogP contribution in [0.4, 0.5) is 0 Å². The molecule has 6 heteroatoms. The van der Waals surface area contributed by atoms with Crippen LogP contribution in [0.15, 0.2) is 10.9 Å². The second-order valence-electron chi connectivity index (χ2n) is 2.48. The zero-order valence-corrected chi connectivity index (χ0v) is 8.23. The van der Waals surface area contributed by atoms with E-state index in [1.807, 2.05) is 0 Å². The Bertz CT molecular complexity index is 345. The van der Waals surface area contributed by atoms with Crippen LogP contribution in [0.3, 0.4) is 0 Å². The lowest BCUT2D eigenvalue weighted by molar-refractivity contribution is -0.109. The van der Waals surface area contributed by atoms with Crippen LogP contribution in [0.2, 0.25) is 0 Å². The van der Waals surface area contributed by atoms with Gasteiger partial charge in [-0.05, 0) is 0 Å². The summed E-state index contributed by atoms with van der Waals surface area (Å²) in [6.45, 7) is 0. The van der Waals surface area contributed by atoms with Crippen LogP contribution < -0.4 is 10.3 Å². The van der Waals surface area contributed by atoms with E-state index in [2.05, 4.69) is 9.97 Å². The van der Waals surface area contributed by atoms with Gasteiger partial charge in [-0.3, -0.25) is 9.78 Å². The van der Waals surface area contributed by atoms with Gasteiger partial charge in [0.05, 0.1) is 7.11 Å². The minimum Gasteiger partial charge on any atom is -0.468 e. The Labute approximate surface area is 80.8 Å². The van der Waals surface area contributed by atoms with E-state index in [-0.39, 0.29) is 11.6 Å². The zero-order chi connectivity index (χ0) is 10.6. The van der Waals surface area contributed by atoms with Crippen LogP contribution in [0.5, 0.6) is 6.01 Å². The summed E-state index contributed by atoms with van der Waals surface area (Å²) in [5, 5.41) is 0. The summed E-state index contributed by atoms with van der Waals surface area (Å²) in [5.41, 5.74) is 0.0570. The normalized spacial score (nSPS) is 10.6. The van der Waals surface area contributed by atoms with Gasteiger partial charge in [0.25, 0.3) is 11.6 Å². The third-order valence-corrected chi connectivity index (χ3v) is 1.60. The SMILES string of the molecule is COc1nc(C(OC)OC)cc(=O)[nH]1. The topological polar surface area (TPSA) is 73.4 Å². The first-order valence-electron chi connectivity index (χ1n) is 3.92. The van der Waals surface area contributed by atoms with Gasteiger partial charge in [0.2, 0.25) is 6.29 Å². The Balaban J connectivity index is 3.07. The summed E-state index contributed by atoms with van der Waals surface area (Å²) in [6.07, 6.45) is -0.661. The average molecular weight is 200 g/mol. The van der Waals surface area contributed by atoms with Crippen molar-refractivity contribution in [1.82, 2.24) is 9.97 Å². The van der Waals surface area contributed by atoms with Crippen molar-refractivity contribution in [2.75, 3.05) is 21.3 Å². The van der Waals surface area contributed by atoms with Crippen LogP contribution in [0.1, 0.15) is 12.0 Å². The van der Waals surface area contributed by atoms with E-state index in [1.165, 1.54) is 27.4 Å². The monoisotopic (exact) mass is 200 g/mol. The zero-order valence-electron chi connectivity index (χ0n) is 8.23. The van der Waals surface area contributed by atoms with Crippen molar-refractivity contribution in [3.8, 4) is 6.01 Å². The predicted octanol–water partition coefficient (Wildman–Crippen LogP) is 0.0699. The number of rotatable bonds is 4. The van der Waals surface area contributed by atoms with Crippen molar-refractivity contribution in [2.45, 2.75) is 6.29 Å². The molecule has 0 unspecified atom stereocenters. The molecule has 1 rings (SSSR count). The molecule has 0 atom stereocenters. The molecule has 0 aliphatic carbocycles. The van der Waals surface area contributed by atoms with Gasteiger partial charge in [-0.1, -0.05) is 0 Å². The van der Waals surface area contributed by atoms with Crippen LogP contribution in [-0.2, 0) is 9.47 Å². The molecule has 0 spiro atoms. The van der Waals surface area contributed by atoms with Gasteiger partial charge in [-0.25, -0.2) is 0 Å². The number of H-pyrrole nitrogens is 1. The lowest BCUT2D eigenvalue weighted by Gasteiger charge is -2.12. The first-order chi connectivity index (χ1) is 6.71. The van der Waals surface area contributed by atoms with E-state index < -0.39 is 6.29 Å². The first-order valence-corrected chi connectivity index (χ1v) is 3.92. The Morgan fingerprint density at radius 3 is 2.50 bits per heavy atom. The largest absolute Gasteiger partial charge is 0.468 e. The highest BCUT2D eigenvalue weighted by Crippen LogP contribution is 2.13. The smallest absolute Gasteiger partial charge is 0.296 e. The Morgan fingerprint density at radius 1 is 1.36 bits per heavy atom. The number of hydrogen-bond donors (Lipinski definition) is 1. The predicted molar refractivity (Wildman–Crippen MR) is 48.2 cm³/mol. The number of aromatic amines is 1. The molecule has 0 aliphatic rings. The van der Waals surface area contributed by atoms with Gasteiger partial charge in [-0.15, -0.1) is 0 Å². The van der Waals surface area contributed by atoms with Crippen molar-refractivity contribution in [3.63, 3.8) is 0 Å². The summed E-state index contributed by atoms with van der Waals surface area (Å²) >= 11 is 0. The number of methoxy groups -OCH3 is 3. The minimum absolute atomic E-state index is 0.131. The molecule has 0 saturated carbocycles. The van der Waals surface area contributed by atoms with E-state index in [4.69, 9.17) is 14.2 Å². The maximum absolute atomic E-state index is 11.1. The fraction of sp³-hybridized carbons (Fsp3) is 0.500. The lowest BCUT2D eigenvalue weighted by atomic mass is 10.4. The highest BCUT2D eigenvalue weighted by molar-refractivity contribution is 5.07. The van der Waals surface area contributed by atoms with Crippen molar-refractivity contribution < 1.29 is 14.2 Å². The number of hydrogen-bond acceptors (Lipinski definition) is 5. The molecule has 0 aromatic carbocycles. The summed E-state index contributed by atoms with van der Waals surface area (Å²) in [4.78, 5) is 17.5. The van der Waals surface area contributed by atoms with Crippen molar-refractivity contribution in [2.24, 2.45) is 0 Å². The maximum atomic E-state index is 11.1. The average Bonchev–Trinajstić information content (AvgIpc) is 2.19. The second-order valence-corrected chi connectivity index (χ2v) is 2.48. The maximum Gasteiger partial charge on any atom is 0.296 e. The van der Waals surface area contributed by atoms with Gasteiger partial charge in [-0.2, -0.15) is 4.98 Å². The summed E-state index contributed by atoms with van der Waals surface area (Å²) < 4.78 is 14.7. The lowest BCUT2D eigenvalue weighted by Crippen LogP contribution is -2.14. The third kappa shape index (κ3) is 2.30. The Kier molecular flexibility index (Phi) is 3.61. The molecular weight excluding hydrogens is 188 g/mol. The van der Waals surface area contributed by atoms with Crippen LogP contribution >= 0.6 is 0 Å². The number of nitrogens with one attached hydrogen (secondary N) is 1. The van der Waals surface area contributed by atoms with Gasteiger partial charge in [0.1, 0.15) is 5.69 Å². The van der Waals surface area contributed by atoms with Crippen molar-refractivity contribution in [1.29, 1.82) is 0 Å². The number of ether oxygens (including phenoxy) is 3. The molecule has 1 aromatic heterocycles. The molecular formula is C8H12N2O4. The number of nitrogens with zero attached hydrogens (tertiary/aromatic N) is 1.